The first kappa shape index (κ1) is 21.0. The Morgan fingerprint density at radius 1 is 1.07 bits per heavy atom. The quantitative estimate of drug-likeness (QED) is 0.746. The van der Waals surface area contributed by atoms with E-state index in [1.807, 2.05) is 18.2 Å². The van der Waals surface area contributed by atoms with Gasteiger partial charge in [0, 0.05) is 45.0 Å². The van der Waals surface area contributed by atoms with Gasteiger partial charge in [-0.3, -0.25) is 14.5 Å². The van der Waals surface area contributed by atoms with Crippen molar-refractivity contribution in [3.05, 3.63) is 65.7 Å². The monoisotopic (exact) mass is 395 g/mol. The summed E-state index contributed by atoms with van der Waals surface area (Å²) < 4.78 is 5.77. The minimum Gasteiger partial charge on any atom is -0.377 e. The molecule has 1 saturated heterocycles. The smallest absolute Gasteiger partial charge is 0.253 e. The Labute approximate surface area is 172 Å². The molecule has 2 amide bonds. The van der Waals surface area contributed by atoms with Crippen LogP contribution in [0.2, 0.25) is 0 Å². The highest BCUT2D eigenvalue weighted by Crippen LogP contribution is 2.16. The lowest BCUT2D eigenvalue weighted by molar-refractivity contribution is -0.117. The van der Waals surface area contributed by atoms with E-state index in [0.29, 0.717) is 17.8 Å². The zero-order valence-electron chi connectivity index (χ0n) is 17.1. The number of carbonyl (C=O) groups excluding carboxylic acids is 2. The largest absolute Gasteiger partial charge is 0.377 e. The number of amides is 2. The molecule has 1 aliphatic rings. The van der Waals surface area contributed by atoms with Crippen LogP contribution in [0.5, 0.6) is 0 Å². The molecule has 3 rings (SSSR count). The Morgan fingerprint density at radius 3 is 2.41 bits per heavy atom. The highest BCUT2D eigenvalue weighted by atomic mass is 16.5. The molecule has 0 spiro atoms. The molecule has 6 nitrogen and oxygen atoms in total. The Morgan fingerprint density at radius 2 is 1.79 bits per heavy atom. The molecule has 1 aliphatic heterocycles. The van der Waals surface area contributed by atoms with Gasteiger partial charge < -0.3 is 15.0 Å². The predicted octanol–water partition coefficient (Wildman–Crippen LogP) is 3.01. The van der Waals surface area contributed by atoms with Crippen molar-refractivity contribution in [3.63, 3.8) is 0 Å². The number of hydrogen-bond donors (Lipinski definition) is 1. The minimum absolute atomic E-state index is 0.0616. The normalized spacial score (nSPS) is 16.0. The summed E-state index contributed by atoms with van der Waals surface area (Å²) in [6.07, 6.45) is 2.30. The Bertz CT molecular complexity index is 800. The summed E-state index contributed by atoms with van der Waals surface area (Å²) in [4.78, 5) is 28.3. The number of rotatable bonds is 8. The van der Waals surface area contributed by atoms with Crippen molar-refractivity contribution in [2.45, 2.75) is 25.5 Å². The molecular formula is C23H29N3O3. The van der Waals surface area contributed by atoms with Gasteiger partial charge in [-0.1, -0.05) is 30.3 Å². The Hall–Kier alpha value is -2.70. The van der Waals surface area contributed by atoms with Gasteiger partial charge in [0.05, 0.1) is 12.6 Å². The van der Waals surface area contributed by atoms with E-state index in [4.69, 9.17) is 4.74 Å². The van der Waals surface area contributed by atoms with Gasteiger partial charge in [0.1, 0.15) is 0 Å². The summed E-state index contributed by atoms with van der Waals surface area (Å²) in [5.41, 5.74) is 2.45. The zero-order valence-corrected chi connectivity index (χ0v) is 17.1. The molecule has 1 unspecified atom stereocenters. The SMILES string of the molecule is CN(C)C(=O)c1ccc(NC(=O)CN(Cc2ccccc2)CC2CCCO2)cc1. The predicted molar refractivity (Wildman–Crippen MR) is 114 cm³/mol. The Kier molecular flexibility index (Phi) is 7.38. The van der Waals surface area contributed by atoms with Crippen LogP contribution >= 0.6 is 0 Å². The van der Waals surface area contributed by atoms with Gasteiger partial charge >= 0.3 is 0 Å². The van der Waals surface area contributed by atoms with Crippen LogP contribution in [0.15, 0.2) is 54.6 Å². The molecule has 2 aromatic rings. The van der Waals surface area contributed by atoms with Gasteiger partial charge in [0.2, 0.25) is 5.91 Å². The molecule has 0 saturated carbocycles. The minimum atomic E-state index is -0.0781. The van der Waals surface area contributed by atoms with E-state index < -0.39 is 0 Å². The maximum Gasteiger partial charge on any atom is 0.253 e. The van der Waals surface area contributed by atoms with E-state index in [9.17, 15) is 9.59 Å². The molecule has 0 aliphatic carbocycles. The molecule has 1 fully saturated rings. The summed E-state index contributed by atoms with van der Waals surface area (Å²) in [5, 5.41) is 2.93. The second-order valence-electron chi connectivity index (χ2n) is 7.62. The fraction of sp³-hybridized carbons (Fsp3) is 0.391. The second-order valence-corrected chi connectivity index (χ2v) is 7.62. The lowest BCUT2D eigenvalue weighted by Crippen LogP contribution is -2.37. The molecule has 2 aromatic carbocycles. The van der Waals surface area contributed by atoms with E-state index in [1.54, 1.807) is 38.4 Å². The fourth-order valence-electron chi connectivity index (χ4n) is 3.46. The van der Waals surface area contributed by atoms with Crippen molar-refractivity contribution in [3.8, 4) is 0 Å². The van der Waals surface area contributed by atoms with Gasteiger partial charge in [-0.25, -0.2) is 0 Å². The van der Waals surface area contributed by atoms with Crippen LogP contribution < -0.4 is 5.32 Å². The van der Waals surface area contributed by atoms with Crippen molar-refractivity contribution < 1.29 is 14.3 Å². The van der Waals surface area contributed by atoms with E-state index >= 15 is 0 Å². The lowest BCUT2D eigenvalue weighted by Gasteiger charge is -2.24. The number of ether oxygens (including phenoxy) is 1. The summed E-state index contributed by atoms with van der Waals surface area (Å²) in [7, 11) is 3.43. The van der Waals surface area contributed by atoms with Gasteiger partial charge in [-0.05, 0) is 42.7 Å². The number of hydrogen-bond acceptors (Lipinski definition) is 4. The maximum atomic E-state index is 12.6. The second kappa shape index (κ2) is 10.2. The third-order valence-corrected chi connectivity index (χ3v) is 4.92. The van der Waals surface area contributed by atoms with Crippen LogP contribution in [0.3, 0.4) is 0 Å². The van der Waals surface area contributed by atoms with Crippen molar-refractivity contribution >= 4 is 17.5 Å². The summed E-state index contributed by atoms with van der Waals surface area (Å²) in [6.45, 7) is 2.52. The first-order valence-electron chi connectivity index (χ1n) is 10.0. The highest BCUT2D eigenvalue weighted by Gasteiger charge is 2.21. The first-order chi connectivity index (χ1) is 14.0. The number of anilines is 1. The molecule has 1 N–H and O–H groups in total. The Balaban J connectivity index is 1.60. The van der Waals surface area contributed by atoms with E-state index in [0.717, 1.165) is 26.0 Å². The van der Waals surface area contributed by atoms with Crippen molar-refractivity contribution in [1.82, 2.24) is 9.80 Å². The molecule has 154 valence electrons. The molecular weight excluding hydrogens is 366 g/mol. The van der Waals surface area contributed by atoms with Gasteiger partial charge in [-0.2, -0.15) is 0 Å². The van der Waals surface area contributed by atoms with Crippen LogP contribution in [0.1, 0.15) is 28.8 Å². The van der Waals surface area contributed by atoms with Crippen molar-refractivity contribution in [2.24, 2.45) is 0 Å². The molecule has 6 heteroatoms. The summed E-state index contributed by atoms with van der Waals surface area (Å²) in [6, 6.07) is 17.1. The zero-order chi connectivity index (χ0) is 20.6. The first-order valence-corrected chi connectivity index (χ1v) is 10.0. The number of nitrogens with zero attached hydrogens (tertiary/aromatic N) is 2. The number of benzene rings is 2. The lowest BCUT2D eigenvalue weighted by atomic mass is 10.1. The standard InChI is InChI=1S/C23H29N3O3/c1-25(2)23(28)19-10-12-20(13-11-19)24-22(27)17-26(16-21-9-6-14-29-21)15-18-7-4-3-5-8-18/h3-5,7-8,10-13,21H,6,9,14-17H2,1-2H3,(H,24,27). The van der Waals surface area contributed by atoms with Crippen LogP contribution in [-0.2, 0) is 16.1 Å². The fourth-order valence-corrected chi connectivity index (χ4v) is 3.46. The summed E-state index contributed by atoms with van der Waals surface area (Å²) in [5.74, 6) is -0.140. The van der Waals surface area contributed by atoms with E-state index in [1.165, 1.54) is 10.5 Å². The average molecular weight is 396 g/mol. The summed E-state index contributed by atoms with van der Waals surface area (Å²) >= 11 is 0. The molecule has 1 heterocycles. The molecule has 1 atom stereocenters. The van der Waals surface area contributed by atoms with Crippen molar-refractivity contribution in [2.75, 3.05) is 39.1 Å². The van der Waals surface area contributed by atoms with Crippen LogP contribution in [0.4, 0.5) is 5.69 Å². The molecule has 0 bridgehead atoms. The van der Waals surface area contributed by atoms with Gasteiger partial charge in [-0.15, -0.1) is 0 Å². The van der Waals surface area contributed by atoms with Gasteiger partial charge in [0.15, 0.2) is 0 Å². The average Bonchev–Trinajstić information content (AvgIpc) is 3.21. The number of carbonyl (C=O) groups is 2. The van der Waals surface area contributed by atoms with E-state index in [-0.39, 0.29) is 24.5 Å². The third kappa shape index (κ3) is 6.41. The molecule has 0 aromatic heterocycles. The highest BCUT2D eigenvalue weighted by molar-refractivity contribution is 5.96. The maximum absolute atomic E-state index is 12.6. The third-order valence-electron chi connectivity index (χ3n) is 4.92. The van der Waals surface area contributed by atoms with E-state index in [2.05, 4.69) is 22.3 Å². The van der Waals surface area contributed by atoms with Crippen molar-refractivity contribution in [1.29, 1.82) is 0 Å². The van der Waals surface area contributed by atoms with Crippen LogP contribution in [0, 0.1) is 0 Å². The molecule has 0 radical (unpaired) electrons. The van der Waals surface area contributed by atoms with Crippen LogP contribution in [0.25, 0.3) is 0 Å². The van der Waals surface area contributed by atoms with Crippen LogP contribution in [-0.4, -0.2) is 61.5 Å². The topological polar surface area (TPSA) is 61.9 Å². The molecule has 29 heavy (non-hydrogen) atoms. The number of nitrogens with one attached hydrogen (secondary N) is 1. The van der Waals surface area contributed by atoms with Gasteiger partial charge in [0.25, 0.3) is 5.91 Å².